The van der Waals surface area contributed by atoms with Crippen molar-refractivity contribution in [1.82, 2.24) is 24.3 Å². The Balaban J connectivity index is 1.40. The zero-order valence-electron chi connectivity index (χ0n) is 17.4. The summed E-state index contributed by atoms with van der Waals surface area (Å²) in [5.74, 6) is 2.16. The van der Waals surface area contributed by atoms with E-state index >= 15 is 0 Å². The lowest BCUT2D eigenvalue weighted by molar-refractivity contribution is 0.480. The number of aromatic nitrogens is 4. The number of nitrogens with zero attached hydrogens (tertiary/aromatic N) is 5. The van der Waals surface area contributed by atoms with Crippen LogP contribution in [0.5, 0.6) is 0 Å². The molecule has 4 heterocycles. The number of fused-ring (bicyclic) bond motifs is 1. The van der Waals surface area contributed by atoms with Crippen LogP contribution in [0.3, 0.4) is 0 Å². The van der Waals surface area contributed by atoms with Gasteiger partial charge >= 0.3 is 0 Å². The van der Waals surface area contributed by atoms with Crippen molar-refractivity contribution in [3.63, 3.8) is 0 Å². The van der Waals surface area contributed by atoms with E-state index in [-0.39, 0.29) is 10.9 Å². The molecular formula is C21H28N6O2S. The number of nitrogens with one attached hydrogen (secondary N) is 1. The second kappa shape index (κ2) is 8.69. The fourth-order valence-corrected chi connectivity index (χ4v) is 5.27. The average molecular weight is 429 g/mol. The third kappa shape index (κ3) is 4.32. The molecule has 3 aromatic heterocycles. The predicted octanol–water partition coefficient (Wildman–Crippen LogP) is 2.98. The third-order valence-electron chi connectivity index (χ3n) is 5.63. The molecule has 0 aliphatic carbocycles. The quantitative estimate of drug-likeness (QED) is 0.622. The van der Waals surface area contributed by atoms with Gasteiger partial charge < -0.3 is 4.90 Å². The van der Waals surface area contributed by atoms with Crippen molar-refractivity contribution >= 4 is 21.5 Å². The number of anilines is 1. The lowest BCUT2D eigenvalue weighted by Gasteiger charge is -2.32. The van der Waals surface area contributed by atoms with E-state index in [1.807, 2.05) is 38.2 Å². The van der Waals surface area contributed by atoms with Crippen LogP contribution < -0.4 is 9.62 Å². The van der Waals surface area contributed by atoms with Gasteiger partial charge in [0.15, 0.2) is 5.65 Å². The molecule has 8 nitrogen and oxygen atoms in total. The molecule has 160 valence electrons. The molecule has 9 heteroatoms. The van der Waals surface area contributed by atoms with Crippen LogP contribution in [0, 0.1) is 0 Å². The number of rotatable bonds is 7. The van der Waals surface area contributed by atoms with Crippen molar-refractivity contribution in [2.24, 2.45) is 0 Å². The number of hydrogen-bond acceptors (Lipinski definition) is 6. The Bertz CT molecular complexity index is 1090. The van der Waals surface area contributed by atoms with Crippen LogP contribution in [0.25, 0.3) is 5.65 Å². The van der Waals surface area contributed by atoms with Gasteiger partial charge in [0, 0.05) is 37.4 Å². The first-order valence-electron chi connectivity index (χ1n) is 10.5. The van der Waals surface area contributed by atoms with Crippen molar-refractivity contribution in [3.8, 4) is 0 Å². The number of sulfonamides is 1. The van der Waals surface area contributed by atoms with Gasteiger partial charge in [-0.15, -0.1) is 10.2 Å². The number of hydrogen-bond donors (Lipinski definition) is 1. The van der Waals surface area contributed by atoms with Crippen LogP contribution in [0.1, 0.15) is 51.3 Å². The minimum absolute atomic E-state index is 0.0908. The van der Waals surface area contributed by atoms with Crippen LogP contribution in [0.2, 0.25) is 0 Å². The fourth-order valence-electron chi connectivity index (χ4n) is 4.05. The van der Waals surface area contributed by atoms with Crippen molar-refractivity contribution in [2.45, 2.75) is 56.4 Å². The van der Waals surface area contributed by atoms with Crippen LogP contribution in [0.15, 0.2) is 47.6 Å². The molecule has 0 amide bonds. The number of pyridine rings is 2. The largest absolute Gasteiger partial charge is 0.357 e. The van der Waals surface area contributed by atoms with E-state index in [1.165, 1.54) is 6.20 Å². The Kier molecular flexibility index (Phi) is 6.01. The highest BCUT2D eigenvalue weighted by molar-refractivity contribution is 7.89. The standard InChI is InChI=1S/C21H28N6O2S/c1-3-6-16(2)25-30(28,29)18-8-9-19(22-15-18)26-13-10-17(11-14-26)21-24-23-20-7-4-5-12-27(20)21/h4-5,7-9,12,15-17,25H,3,6,10-11,13-14H2,1-2H3. The smallest absolute Gasteiger partial charge is 0.242 e. The molecule has 1 unspecified atom stereocenters. The molecule has 1 aliphatic rings. The summed E-state index contributed by atoms with van der Waals surface area (Å²) >= 11 is 0. The van der Waals surface area contributed by atoms with Crippen LogP contribution >= 0.6 is 0 Å². The molecule has 0 saturated carbocycles. The van der Waals surface area contributed by atoms with E-state index in [0.717, 1.165) is 56.1 Å². The van der Waals surface area contributed by atoms with E-state index in [4.69, 9.17) is 0 Å². The van der Waals surface area contributed by atoms with Gasteiger partial charge in [-0.2, -0.15) is 0 Å². The molecule has 1 fully saturated rings. The first-order valence-corrected chi connectivity index (χ1v) is 12.0. The molecule has 1 N–H and O–H groups in total. The van der Waals surface area contributed by atoms with E-state index < -0.39 is 10.0 Å². The Morgan fingerprint density at radius 1 is 1.17 bits per heavy atom. The van der Waals surface area contributed by atoms with Gasteiger partial charge in [-0.25, -0.2) is 18.1 Å². The average Bonchev–Trinajstić information content (AvgIpc) is 3.18. The maximum Gasteiger partial charge on any atom is 0.242 e. The van der Waals surface area contributed by atoms with Crippen LogP contribution in [-0.2, 0) is 10.0 Å². The van der Waals surface area contributed by atoms with E-state index in [1.54, 1.807) is 12.1 Å². The molecule has 0 aromatic carbocycles. The van der Waals surface area contributed by atoms with Crippen molar-refractivity contribution in [1.29, 1.82) is 0 Å². The van der Waals surface area contributed by atoms with Crippen molar-refractivity contribution in [3.05, 3.63) is 48.5 Å². The molecule has 4 rings (SSSR count). The normalized spacial score (nSPS) is 16.8. The summed E-state index contributed by atoms with van der Waals surface area (Å²) in [5.41, 5.74) is 0.871. The second-order valence-corrected chi connectivity index (χ2v) is 9.63. The summed E-state index contributed by atoms with van der Waals surface area (Å²) in [5, 5.41) is 8.66. The third-order valence-corrected chi connectivity index (χ3v) is 7.21. The van der Waals surface area contributed by atoms with E-state index in [0.29, 0.717) is 5.92 Å². The highest BCUT2D eigenvalue weighted by Gasteiger charge is 2.25. The van der Waals surface area contributed by atoms with Gasteiger partial charge in [-0.05, 0) is 50.5 Å². The topological polar surface area (TPSA) is 92.5 Å². The molecule has 30 heavy (non-hydrogen) atoms. The summed E-state index contributed by atoms with van der Waals surface area (Å²) in [7, 11) is -3.54. The molecule has 3 aromatic rings. The monoisotopic (exact) mass is 428 g/mol. The Morgan fingerprint density at radius 3 is 2.67 bits per heavy atom. The minimum atomic E-state index is -3.54. The second-order valence-electron chi connectivity index (χ2n) is 7.91. The minimum Gasteiger partial charge on any atom is -0.357 e. The zero-order chi connectivity index (χ0) is 21.1. The molecule has 0 radical (unpaired) electrons. The predicted molar refractivity (Wildman–Crippen MR) is 116 cm³/mol. The Morgan fingerprint density at radius 2 is 1.97 bits per heavy atom. The zero-order valence-corrected chi connectivity index (χ0v) is 18.2. The van der Waals surface area contributed by atoms with Crippen molar-refractivity contribution < 1.29 is 8.42 Å². The van der Waals surface area contributed by atoms with Crippen LogP contribution in [-0.4, -0.2) is 47.1 Å². The summed E-state index contributed by atoms with van der Waals surface area (Å²) < 4.78 is 29.8. The maximum absolute atomic E-state index is 12.5. The van der Waals surface area contributed by atoms with Gasteiger partial charge in [0.1, 0.15) is 16.5 Å². The lowest BCUT2D eigenvalue weighted by atomic mass is 9.96. The summed E-state index contributed by atoms with van der Waals surface area (Å²) in [6.07, 6.45) is 7.10. The molecule has 1 atom stereocenters. The van der Waals surface area contributed by atoms with Gasteiger partial charge in [-0.3, -0.25) is 4.40 Å². The van der Waals surface area contributed by atoms with Gasteiger partial charge in [0.25, 0.3) is 0 Å². The summed E-state index contributed by atoms with van der Waals surface area (Å²) in [6.45, 7) is 5.61. The Labute approximate surface area is 177 Å². The van der Waals surface area contributed by atoms with Gasteiger partial charge in [-0.1, -0.05) is 19.4 Å². The highest BCUT2D eigenvalue weighted by atomic mass is 32.2. The van der Waals surface area contributed by atoms with E-state index in [9.17, 15) is 8.42 Å². The Hall–Kier alpha value is -2.52. The molecular weight excluding hydrogens is 400 g/mol. The first kappa shape index (κ1) is 20.7. The van der Waals surface area contributed by atoms with Crippen LogP contribution in [0.4, 0.5) is 5.82 Å². The van der Waals surface area contributed by atoms with E-state index in [2.05, 4.69) is 29.2 Å². The highest BCUT2D eigenvalue weighted by Crippen LogP contribution is 2.29. The maximum atomic E-state index is 12.5. The van der Waals surface area contributed by atoms with Crippen molar-refractivity contribution in [2.75, 3.05) is 18.0 Å². The number of piperidine rings is 1. The summed E-state index contributed by atoms with van der Waals surface area (Å²) in [6, 6.07) is 9.26. The molecule has 1 saturated heterocycles. The first-order chi connectivity index (χ1) is 14.5. The lowest BCUT2D eigenvalue weighted by Crippen LogP contribution is -2.34. The fraction of sp³-hybridized carbons (Fsp3) is 0.476. The summed E-state index contributed by atoms with van der Waals surface area (Å²) in [4.78, 5) is 6.84. The molecule has 0 bridgehead atoms. The molecule has 1 aliphatic heterocycles. The van der Waals surface area contributed by atoms with Gasteiger partial charge in [0.05, 0.1) is 0 Å². The SMILES string of the molecule is CCCC(C)NS(=O)(=O)c1ccc(N2CCC(c3nnc4ccccn34)CC2)nc1. The van der Waals surface area contributed by atoms with Gasteiger partial charge in [0.2, 0.25) is 10.0 Å². The molecule has 0 spiro atoms.